The number of rotatable bonds is 1. The summed E-state index contributed by atoms with van der Waals surface area (Å²) < 4.78 is 56.5. The molecule has 0 saturated carbocycles. The van der Waals surface area contributed by atoms with Gasteiger partial charge in [0.15, 0.2) is 5.03 Å². The molecule has 0 aliphatic rings. The minimum absolute atomic E-state index is 0.322. The lowest BCUT2D eigenvalue weighted by atomic mass is 10.7. The van der Waals surface area contributed by atoms with E-state index in [1.165, 1.54) is 0 Å². The van der Waals surface area contributed by atoms with Crippen molar-refractivity contribution in [1.82, 2.24) is 10.2 Å². The molecule has 0 bridgehead atoms. The molecule has 0 unspecified atom stereocenters. The molecule has 0 aliphatic heterocycles. The fourth-order valence-corrected chi connectivity index (χ4v) is 1.28. The van der Waals surface area contributed by atoms with Crippen molar-refractivity contribution < 1.29 is 21.6 Å². The molecule has 0 spiro atoms. The number of halogens is 3. The van der Waals surface area contributed by atoms with Gasteiger partial charge in [0, 0.05) is 6.07 Å². The summed E-state index contributed by atoms with van der Waals surface area (Å²) in [5, 5.41) is 2.10. The zero-order valence-electron chi connectivity index (χ0n) is 5.84. The van der Waals surface area contributed by atoms with E-state index in [0.717, 1.165) is 0 Å². The molecule has 0 fully saturated rings. The van der Waals surface area contributed by atoms with Crippen LogP contribution in [0.4, 0.5) is 13.2 Å². The van der Waals surface area contributed by atoms with E-state index in [9.17, 15) is 26.4 Å². The lowest BCUT2D eigenvalue weighted by Crippen LogP contribution is -2.23. The second-order valence-electron chi connectivity index (χ2n) is 2.07. The highest BCUT2D eigenvalue weighted by atomic mass is 32.2. The lowest BCUT2D eigenvalue weighted by molar-refractivity contribution is -0.0438. The van der Waals surface area contributed by atoms with Gasteiger partial charge < -0.3 is 0 Å². The van der Waals surface area contributed by atoms with Crippen molar-refractivity contribution in [1.29, 1.82) is 0 Å². The maximum atomic E-state index is 11.8. The third-order valence-electron chi connectivity index (χ3n) is 1.17. The highest BCUT2D eigenvalue weighted by Gasteiger charge is 2.48. The molecular weight excluding hydrogens is 213 g/mol. The molecule has 1 heterocycles. The van der Waals surface area contributed by atoms with Crippen LogP contribution in [0.15, 0.2) is 15.9 Å². The maximum absolute atomic E-state index is 11.8. The first-order valence-corrected chi connectivity index (χ1v) is 4.32. The molecular formula is C4H3F3N2O3S. The van der Waals surface area contributed by atoms with Crippen LogP contribution in [0.2, 0.25) is 0 Å². The summed E-state index contributed by atoms with van der Waals surface area (Å²) in [6.07, 6.45) is 0. The van der Waals surface area contributed by atoms with Crippen molar-refractivity contribution >= 4 is 9.84 Å². The monoisotopic (exact) mass is 216 g/mol. The number of aromatic amines is 2. The van der Waals surface area contributed by atoms with Crippen molar-refractivity contribution in [3.05, 3.63) is 16.4 Å². The fraction of sp³-hybridized carbons (Fsp3) is 0.250. The molecule has 0 saturated heterocycles. The molecule has 1 aromatic heterocycles. The van der Waals surface area contributed by atoms with E-state index in [1.807, 2.05) is 0 Å². The van der Waals surface area contributed by atoms with Crippen LogP contribution < -0.4 is 5.56 Å². The Balaban J connectivity index is 3.32. The molecule has 74 valence electrons. The number of aromatic nitrogens is 2. The van der Waals surface area contributed by atoms with Gasteiger partial charge in [-0.05, 0) is 0 Å². The number of alkyl halides is 3. The third-order valence-corrected chi connectivity index (χ3v) is 2.57. The third kappa shape index (κ3) is 1.59. The second kappa shape index (κ2) is 2.62. The number of nitrogens with one attached hydrogen (secondary N) is 2. The van der Waals surface area contributed by atoms with Gasteiger partial charge in [0.1, 0.15) is 0 Å². The largest absolute Gasteiger partial charge is 0.503 e. The Kier molecular flexibility index (Phi) is 1.98. The maximum Gasteiger partial charge on any atom is 0.503 e. The lowest BCUT2D eigenvalue weighted by Gasteiger charge is -2.04. The molecule has 1 aromatic rings. The van der Waals surface area contributed by atoms with Crippen LogP contribution in [0.1, 0.15) is 0 Å². The molecule has 1 rings (SSSR count). The molecule has 9 heteroatoms. The summed E-state index contributed by atoms with van der Waals surface area (Å²) in [5.74, 6) is 0. The Bertz CT molecular complexity index is 453. The summed E-state index contributed by atoms with van der Waals surface area (Å²) in [6, 6.07) is 0.322. The minimum atomic E-state index is -5.44. The van der Waals surface area contributed by atoms with E-state index in [0.29, 0.717) is 6.07 Å². The van der Waals surface area contributed by atoms with E-state index in [1.54, 1.807) is 10.2 Å². The average Bonchev–Trinajstić information content (AvgIpc) is 2.33. The number of hydrogen-bond donors (Lipinski definition) is 2. The van der Waals surface area contributed by atoms with Gasteiger partial charge in [-0.1, -0.05) is 0 Å². The zero-order chi connectivity index (χ0) is 10.3. The predicted molar refractivity (Wildman–Crippen MR) is 34.7 cm³/mol. The van der Waals surface area contributed by atoms with Gasteiger partial charge in [0.05, 0.1) is 0 Å². The first kappa shape index (κ1) is 9.84. The Hall–Kier alpha value is -1.25. The SMILES string of the molecule is O=c1cc(S(=O)(=O)C(F)(F)F)[nH][nH]1. The first-order chi connectivity index (χ1) is 5.75. The number of H-pyrrole nitrogens is 2. The minimum Gasteiger partial charge on any atom is -0.287 e. The quantitative estimate of drug-likeness (QED) is 0.692. The van der Waals surface area contributed by atoms with Crippen LogP contribution in [0.5, 0.6) is 0 Å². The van der Waals surface area contributed by atoms with Crippen LogP contribution in [0.3, 0.4) is 0 Å². The van der Waals surface area contributed by atoms with Crippen molar-refractivity contribution in [3.8, 4) is 0 Å². The van der Waals surface area contributed by atoms with Crippen LogP contribution in [0, 0.1) is 0 Å². The first-order valence-electron chi connectivity index (χ1n) is 2.84. The van der Waals surface area contributed by atoms with Crippen molar-refractivity contribution in [2.75, 3.05) is 0 Å². The molecule has 5 nitrogen and oxygen atoms in total. The standard InChI is InChI=1S/C4H3F3N2O3S/c5-4(6,7)13(11,12)3-1-2(10)8-9-3/h1H,(H2,8,9,10). The van der Waals surface area contributed by atoms with Crippen LogP contribution >= 0.6 is 0 Å². The van der Waals surface area contributed by atoms with Gasteiger partial charge in [0.25, 0.3) is 15.4 Å². The molecule has 0 aromatic carbocycles. The van der Waals surface area contributed by atoms with Gasteiger partial charge in [0.2, 0.25) is 0 Å². The van der Waals surface area contributed by atoms with E-state index in [2.05, 4.69) is 0 Å². The van der Waals surface area contributed by atoms with Gasteiger partial charge in [-0.2, -0.15) is 13.2 Å². The van der Waals surface area contributed by atoms with E-state index in [-0.39, 0.29) is 0 Å². The van der Waals surface area contributed by atoms with Gasteiger partial charge in [-0.15, -0.1) is 0 Å². The van der Waals surface area contributed by atoms with Gasteiger partial charge >= 0.3 is 5.51 Å². The molecule has 13 heavy (non-hydrogen) atoms. The van der Waals surface area contributed by atoms with E-state index < -0.39 is 25.9 Å². The molecule has 0 atom stereocenters. The van der Waals surface area contributed by atoms with Crippen molar-refractivity contribution in [2.45, 2.75) is 10.5 Å². The summed E-state index contributed by atoms with van der Waals surface area (Å²) in [4.78, 5) is 10.3. The van der Waals surface area contributed by atoms with Crippen LogP contribution in [0.25, 0.3) is 0 Å². The summed E-state index contributed by atoms with van der Waals surface area (Å²) in [7, 11) is -5.44. The normalized spacial score (nSPS) is 13.2. The molecule has 0 amide bonds. The van der Waals surface area contributed by atoms with Crippen molar-refractivity contribution in [3.63, 3.8) is 0 Å². The summed E-state index contributed by atoms with van der Waals surface area (Å²) >= 11 is 0. The Labute approximate surface area is 69.5 Å². The average molecular weight is 216 g/mol. The highest BCUT2D eigenvalue weighted by molar-refractivity contribution is 7.92. The Morgan fingerprint density at radius 3 is 2.08 bits per heavy atom. The summed E-state index contributed by atoms with van der Waals surface area (Å²) in [6.45, 7) is 0. The zero-order valence-corrected chi connectivity index (χ0v) is 6.66. The fourth-order valence-electron chi connectivity index (χ4n) is 0.584. The van der Waals surface area contributed by atoms with Crippen LogP contribution in [-0.4, -0.2) is 24.1 Å². The molecule has 0 radical (unpaired) electrons. The topological polar surface area (TPSA) is 82.8 Å². The number of hydrogen-bond acceptors (Lipinski definition) is 3. The second-order valence-corrected chi connectivity index (χ2v) is 3.98. The van der Waals surface area contributed by atoms with Crippen LogP contribution in [-0.2, 0) is 9.84 Å². The Morgan fingerprint density at radius 2 is 1.77 bits per heavy atom. The number of sulfone groups is 1. The van der Waals surface area contributed by atoms with Gasteiger partial charge in [-0.3, -0.25) is 15.0 Å². The predicted octanol–water partition coefficient (Wildman–Crippen LogP) is -0.00350. The van der Waals surface area contributed by atoms with Gasteiger partial charge in [-0.25, -0.2) is 8.42 Å². The van der Waals surface area contributed by atoms with E-state index in [4.69, 9.17) is 0 Å². The Morgan fingerprint density at radius 1 is 1.23 bits per heavy atom. The smallest absolute Gasteiger partial charge is 0.287 e. The van der Waals surface area contributed by atoms with Crippen molar-refractivity contribution in [2.24, 2.45) is 0 Å². The summed E-state index contributed by atoms with van der Waals surface area (Å²) in [5.41, 5.74) is -6.35. The highest BCUT2D eigenvalue weighted by Crippen LogP contribution is 2.27. The van der Waals surface area contributed by atoms with E-state index >= 15 is 0 Å². The molecule has 2 N–H and O–H groups in total. The molecule has 0 aliphatic carbocycles.